The van der Waals surface area contributed by atoms with E-state index in [4.69, 9.17) is 0 Å². The second-order valence-corrected chi connectivity index (χ2v) is 4.46. The van der Waals surface area contributed by atoms with Gasteiger partial charge in [0.2, 0.25) is 0 Å². The van der Waals surface area contributed by atoms with E-state index in [-0.39, 0.29) is 65.4 Å². The van der Waals surface area contributed by atoms with Crippen molar-refractivity contribution < 1.29 is 65.4 Å². The van der Waals surface area contributed by atoms with Crippen molar-refractivity contribution in [3.63, 3.8) is 0 Å². The van der Waals surface area contributed by atoms with Crippen LogP contribution in [0.4, 0.5) is 0 Å². The summed E-state index contributed by atoms with van der Waals surface area (Å²) in [5, 5.41) is 0. The molecule has 2 heteroatoms. The van der Waals surface area contributed by atoms with Crippen LogP contribution in [0, 0.1) is 23.7 Å². The molecule has 4 fully saturated rings. The quantitative estimate of drug-likeness (QED) is 0.604. The molecule has 2 radical (unpaired) electrons. The van der Waals surface area contributed by atoms with Gasteiger partial charge in [-0.15, -0.1) is 0 Å². The monoisotopic (exact) mass is 312 g/mol. The van der Waals surface area contributed by atoms with Gasteiger partial charge in [0, 0.05) is 65.4 Å². The van der Waals surface area contributed by atoms with Gasteiger partial charge in [-0.05, 0) is 0 Å². The fourth-order valence-corrected chi connectivity index (χ4v) is 3.39. The molecular weight excluding hydrogens is 298 g/mol. The van der Waals surface area contributed by atoms with Gasteiger partial charge in [0.1, 0.15) is 0 Å². The molecule has 0 amide bonds. The van der Waals surface area contributed by atoms with Crippen molar-refractivity contribution in [2.45, 2.75) is 38.5 Å². The van der Waals surface area contributed by atoms with Crippen molar-refractivity contribution >= 4 is 0 Å². The summed E-state index contributed by atoms with van der Waals surface area (Å²) in [6.45, 7) is 0. The van der Waals surface area contributed by atoms with Crippen molar-refractivity contribution in [3.05, 3.63) is 11.8 Å². The van der Waals surface area contributed by atoms with E-state index in [1.54, 1.807) is 6.42 Å². The van der Waals surface area contributed by atoms with Crippen molar-refractivity contribution in [2.24, 2.45) is 11.8 Å². The Labute approximate surface area is 126 Å². The molecule has 0 aromatic carbocycles. The van der Waals surface area contributed by atoms with Gasteiger partial charge < -0.3 is 18.3 Å². The third kappa shape index (κ3) is 2.23. The molecule has 4 aliphatic rings. The molecule has 0 nitrogen and oxygen atoms in total. The third-order valence-corrected chi connectivity index (χ3v) is 3.48. The zero-order valence-electron chi connectivity index (χ0n) is 7.55. The van der Waals surface area contributed by atoms with Gasteiger partial charge in [-0.2, -0.15) is 25.7 Å². The Kier molecular flexibility index (Phi) is 4.93. The maximum Gasteiger partial charge on any atom is 0 e. The third-order valence-electron chi connectivity index (χ3n) is 3.48. The predicted octanol–water partition coefficient (Wildman–Crippen LogP) is 2.74. The molecule has 0 aromatic heterocycles. The first kappa shape index (κ1) is 12.3. The van der Waals surface area contributed by atoms with Gasteiger partial charge in [-0.1, -0.05) is 18.3 Å². The second-order valence-electron chi connectivity index (χ2n) is 4.46. The zero-order chi connectivity index (χ0) is 6.55. The molecule has 0 heterocycles. The second kappa shape index (κ2) is 4.82. The van der Waals surface area contributed by atoms with Gasteiger partial charge in [-0.3, -0.25) is 0 Å². The van der Waals surface area contributed by atoms with Crippen LogP contribution >= 0.6 is 0 Å². The molecule has 0 unspecified atom stereocenters. The Morgan fingerprint density at radius 2 is 1.17 bits per heavy atom. The smallest absolute Gasteiger partial charge is 0 e. The molecule has 0 aromatic rings. The fourth-order valence-electron chi connectivity index (χ4n) is 3.39. The first-order valence-corrected chi connectivity index (χ1v) is 4.57. The van der Waals surface area contributed by atoms with Crippen LogP contribution in [0.1, 0.15) is 38.5 Å². The zero-order valence-corrected chi connectivity index (χ0v) is 13.2. The molecule has 4 aliphatic carbocycles. The van der Waals surface area contributed by atoms with Gasteiger partial charge in [0.05, 0.1) is 0 Å². The summed E-state index contributed by atoms with van der Waals surface area (Å²) in [5.74, 6) is 6.00. The van der Waals surface area contributed by atoms with E-state index in [9.17, 15) is 0 Å². The molecule has 62 valence electrons. The van der Waals surface area contributed by atoms with E-state index in [2.05, 4.69) is 0 Å². The van der Waals surface area contributed by atoms with Gasteiger partial charge >= 0.3 is 0 Å². The normalized spacial score (nSPS) is 39.0. The van der Waals surface area contributed by atoms with E-state index >= 15 is 0 Å². The van der Waals surface area contributed by atoms with E-state index in [0.29, 0.717) is 0 Å². The van der Waals surface area contributed by atoms with Crippen LogP contribution in [0.3, 0.4) is 0 Å². The largest absolute Gasteiger partial charge is 0.342 e. The van der Waals surface area contributed by atoms with Gasteiger partial charge in [-0.25, -0.2) is 0 Å². The molecule has 4 rings (SSSR count). The van der Waals surface area contributed by atoms with E-state index in [1.165, 1.54) is 32.1 Å². The Bertz CT molecular complexity index is 99.4. The molecule has 4 saturated carbocycles. The van der Waals surface area contributed by atoms with Crippen LogP contribution < -0.4 is 0 Å². The summed E-state index contributed by atoms with van der Waals surface area (Å²) >= 11 is 0. The first-order valence-electron chi connectivity index (χ1n) is 4.57. The summed E-state index contributed by atoms with van der Waals surface area (Å²) in [6, 6.07) is 0. The average Bonchev–Trinajstić information content (AvgIpc) is 1.82. The van der Waals surface area contributed by atoms with E-state index in [0.717, 1.165) is 11.8 Å². The summed E-state index contributed by atoms with van der Waals surface area (Å²) in [7, 11) is 0. The standard InChI is InChI=1S/C10H14.2Y/c1-7-2-9-4-8(1)5-10(3-7)6-9;;/h7-8H,1-6H2;;/q-2;;. The topological polar surface area (TPSA) is 0 Å². The molecular formula is C10H14Y2-2. The SMILES string of the molecule is C1[C-]2CC3C[C-]1CC(C2)C3.[Y].[Y]. The molecule has 4 bridgehead atoms. The fraction of sp³-hybridized carbons (Fsp3) is 0.800. The summed E-state index contributed by atoms with van der Waals surface area (Å²) in [6.07, 6.45) is 9.00. The van der Waals surface area contributed by atoms with Crippen LogP contribution in [0.25, 0.3) is 0 Å². The van der Waals surface area contributed by atoms with Crippen LogP contribution in [0.15, 0.2) is 0 Å². The molecule has 0 saturated heterocycles. The Morgan fingerprint density at radius 1 is 0.750 bits per heavy atom. The van der Waals surface area contributed by atoms with Crippen LogP contribution in [0.5, 0.6) is 0 Å². The minimum absolute atomic E-state index is 0. The van der Waals surface area contributed by atoms with E-state index in [1.807, 2.05) is 11.8 Å². The average molecular weight is 312 g/mol. The van der Waals surface area contributed by atoms with Crippen molar-refractivity contribution in [2.75, 3.05) is 0 Å². The summed E-state index contributed by atoms with van der Waals surface area (Å²) < 4.78 is 0. The molecule has 0 aliphatic heterocycles. The number of hydrogen-bond acceptors (Lipinski definition) is 0. The maximum absolute atomic E-state index is 1.90. The van der Waals surface area contributed by atoms with Crippen molar-refractivity contribution in [3.8, 4) is 0 Å². The minimum Gasteiger partial charge on any atom is -0.342 e. The summed E-state index contributed by atoms with van der Waals surface area (Å²) in [4.78, 5) is 0. The van der Waals surface area contributed by atoms with Crippen molar-refractivity contribution in [1.82, 2.24) is 0 Å². The number of rotatable bonds is 0. The minimum atomic E-state index is 0. The Balaban J connectivity index is 0.000000360. The number of hydrogen-bond donors (Lipinski definition) is 0. The van der Waals surface area contributed by atoms with Crippen LogP contribution in [0.2, 0.25) is 0 Å². The van der Waals surface area contributed by atoms with Gasteiger partial charge in [0.25, 0.3) is 0 Å². The van der Waals surface area contributed by atoms with Crippen molar-refractivity contribution in [1.29, 1.82) is 0 Å². The Hall–Kier alpha value is 2.21. The molecule has 0 atom stereocenters. The van der Waals surface area contributed by atoms with E-state index < -0.39 is 0 Å². The van der Waals surface area contributed by atoms with Crippen LogP contribution in [-0.2, 0) is 65.4 Å². The Morgan fingerprint density at radius 3 is 1.50 bits per heavy atom. The summed E-state index contributed by atoms with van der Waals surface area (Å²) in [5.41, 5.74) is 0. The van der Waals surface area contributed by atoms with Gasteiger partial charge in [0.15, 0.2) is 0 Å². The van der Waals surface area contributed by atoms with Crippen LogP contribution in [-0.4, -0.2) is 0 Å². The molecule has 0 N–H and O–H groups in total. The molecule has 0 spiro atoms. The molecule has 12 heavy (non-hydrogen) atoms. The first-order chi connectivity index (χ1) is 4.90. The predicted molar refractivity (Wildman–Crippen MR) is 41.2 cm³/mol. The maximum atomic E-state index is 1.90.